The average molecular weight is 419 g/mol. The van der Waals surface area contributed by atoms with Crippen LogP contribution in [0.15, 0.2) is 24.3 Å². The number of likely N-dealkylation sites (N-methyl/N-ethyl adjacent to an activating group) is 1. The number of hydrogen-bond acceptors (Lipinski definition) is 5. The minimum Gasteiger partial charge on any atom is -0.369 e. The van der Waals surface area contributed by atoms with Crippen molar-refractivity contribution in [1.29, 1.82) is 0 Å². The van der Waals surface area contributed by atoms with Gasteiger partial charge in [-0.3, -0.25) is 4.79 Å². The van der Waals surface area contributed by atoms with Crippen molar-refractivity contribution in [2.24, 2.45) is 0 Å². The molecule has 1 saturated heterocycles. The minimum atomic E-state index is 0.0700. The van der Waals surface area contributed by atoms with Crippen LogP contribution in [0.2, 0.25) is 0 Å². The summed E-state index contributed by atoms with van der Waals surface area (Å²) < 4.78 is 1.94. The highest BCUT2D eigenvalue weighted by molar-refractivity contribution is 6.00. The summed E-state index contributed by atoms with van der Waals surface area (Å²) >= 11 is 0. The Bertz CT molecular complexity index is 1180. The third-order valence-electron chi connectivity index (χ3n) is 7.06. The van der Waals surface area contributed by atoms with E-state index in [-0.39, 0.29) is 5.91 Å². The lowest BCUT2D eigenvalue weighted by molar-refractivity contribution is 0.0750. The predicted octanol–water partition coefficient (Wildman–Crippen LogP) is 2.95. The molecular formula is C24H30N6O. The molecule has 2 aliphatic rings. The Kier molecular flexibility index (Phi) is 4.73. The van der Waals surface area contributed by atoms with Gasteiger partial charge in [0.25, 0.3) is 5.91 Å². The van der Waals surface area contributed by atoms with Crippen molar-refractivity contribution in [1.82, 2.24) is 24.4 Å². The van der Waals surface area contributed by atoms with Gasteiger partial charge in [-0.05, 0) is 59.0 Å². The molecule has 4 heterocycles. The summed E-state index contributed by atoms with van der Waals surface area (Å²) in [5.41, 5.74) is 8.03. The molecule has 0 spiro atoms. The predicted molar refractivity (Wildman–Crippen MR) is 122 cm³/mol. The number of hydrogen-bond donors (Lipinski definition) is 0. The quantitative estimate of drug-likeness (QED) is 0.655. The van der Waals surface area contributed by atoms with Crippen molar-refractivity contribution in [2.75, 3.05) is 32.1 Å². The average Bonchev–Trinajstić information content (AvgIpc) is 3.47. The maximum absolute atomic E-state index is 13.6. The van der Waals surface area contributed by atoms with Gasteiger partial charge in [-0.25, -0.2) is 9.50 Å². The van der Waals surface area contributed by atoms with E-state index in [9.17, 15) is 4.79 Å². The molecule has 5 rings (SSSR count). The number of amides is 1. The molecule has 3 aromatic rings. The largest absolute Gasteiger partial charge is 0.369 e. The second-order valence-electron chi connectivity index (χ2n) is 9.10. The lowest BCUT2D eigenvalue weighted by Gasteiger charge is -2.25. The molecule has 0 aliphatic carbocycles. The van der Waals surface area contributed by atoms with Crippen LogP contribution in [0.3, 0.4) is 0 Å². The van der Waals surface area contributed by atoms with Crippen LogP contribution in [0, 0.1) is 20.8 Å². The maximum atomic E-state index is 13.6. The molecule has 0 bridgehead atoms. The summed E-state index contributed by atoms with van der Waals surface area (Å²) in [7, 11) is 4.25. The fourth-order valence-electron chi connectivity index (χ4n) is 4.84. The van der Waals surface area contributed by atoms with Crippen molar-refractivity contribution < 1.29 is 4.79 Å². The van der Waals surface area contributed by atoms with Gasteiger partial charge in [0.2, 0.25) is 0 Å². The summed E-state index contributed by atoms with van der Waals surface area (Å²) in [6.45, 7) is 9.21. The van der Waals surface area contributed by atoms with E-state index in [1.165, 1.54) is 0 Å². The van der Waals surface area contributed by atoms with Crippen LogP contribution in [0.4, 0.5) is 5.69 Å². The molecule has 1 fully saturated rings. The van der Waals surface area contributed by atoms with Crippen molar-refractivity contribution >= 4 is 17.2 Å². The van der Waals surface area contributed by atoms with E-state index in [4.69, 9.17) is 10.1 Å². The number of nitrogens with zero attached hydrogens (tertiary/aromatic N) is 6. The first kappa shape index (κ1) is 20.0. The fraction of sp³-hybridized carbons (Fsp3) is 0.458. The second kappa shape index (κ2) is 7.34. The molecule has 0 saturated carbocycles. The van der Waals surface area contributed by atoms with Gasteiger partial charge in [0.15, 0.2) is 5.65 Å². The Balaban J connectivity index is 1.43. The molecule has 1 atom stereocenters. The van der Waals surface area contributed by atoms with E-state index in [0.29, 0.717) is 19.1 Å². The first-order valence-electron chi connectivity index (χ1n) is 11.0. The molecular weight excluding hydrogens is 388 g/mol. The smallest absolute Gasteiger partial charge is 0.256 e. The van der Waals surface area contributed by atoms with Crippen LogP contribution in [0.1, 0.15) is 45.0 Å². The monoisotopic (exact) mass is 418 g/mol. The zero-order valence-corrected chi connectivity index (χ0v) is 19.0. The van der Waals surface area contributed by atoms with E-state index < -0.39 is 0 Å². The van der Waals surface area contributed by atoms with Gasteiger partial charge in [-0.15, -0.1) is 0 Å². The van der Waals surface area contributed by atoms with Gasteiger partial charge in [0.1, 0.15) is 0 Å². The molecule has 2 aliphatic heterocycles. The number of fused-ring (bicyclic) bond motifs is 3. The molecule has 1 unspecified atom stereocenters. The molecule has 0 radical (unpaired) electrons. The van der Waals surface area contributed by atoms with Crippen LogP contribution < -0.4 is 4.90 Å². The normalized spacial score (nSPS) is 18.5. The first-order chi connectivity index (χ1) is 14.8. The van der Waals surface area contributed by atoms with Crippen LogP contribution in [-0.2, 0) is 13.1 Å². The van der Waals surface area contributed by atoms with Crippen LogP contribution >= 0.6 is 0 Å². The van der Waals surface area contributed by atoms with Gasteiger partial charge in [0, 0.05) is 41.8 Å². The lowest BCUT2D eigenvalue weighted by Crippen LogP contribution is -2.33. The highest BCUT2D eigenvalue weighted by Gasteiger charge is 2.33. The van der Waals surface area contributed by atoms with Gasteiger partial charge in [0.05, 0.1) is 24.3 Å². The van der Waals surface area contributed by atoms with E-state index in [0.717, 1.165) is 64.6 Å². The Morgan fingerprint density at radius 3 is 2.65 bits per heavy atom. The van der Waals surface area contributed by atoms with Gasteiger partial charge in [-0.1, -0.05) is 12.1 Å². The number of aryl methyl sites for hydroxylation is 2. The van der Waals surface area contributed by atoms with Crippen molar-refractivity contribution in [3.8, 4) is 0 Å². The molecule has 162 valence electrons. The standard InChI is InChI=1S/C24H30N6O/c1-15-16(2)25-23-20-13-29(14-21(20)26-30(23)17(15)3)24(31)19-8-6-7-9-22(19)28-11-10-18(12-28)27(4)5/h6-9,18H,10-14H2,1-5H3. The molecule has 1 aromatic carbocycles. The fourth-order valence-corrected chi connectivity index (χ4v) is 4.84. The van der Waals surface area contributed by atoms with Crippen LogP contribution in [-0.4, -0.2) is 63.5 Å². The maximum Gasteiger partial charge on any atom is 0.256 e. The van der Waals surface area contributed by atoms with Crippen molar-refractivity contribution in [2.45, 2.75) is 46.3 Å². The summed E-state index contributed by atoms with van der Waals surface area (Å²) in [4.78, 5) is 24.9. The zero-order chi connectivity index (χ0) is 21.9. The van der Waals surface area contributed by atoms with Crippen molar-refractivity contribution in [3.05, 3.63) is 58.0 Å². The van der Waals surface area contributed by atoms with Gasteiger partial charge < -0.3 is 14.7 Å². The molecule has 7 nitrogen and oxygen atoms in total. The SMILES string of the molecule is Cc1nc2c3c(nn2c(C)c1C)CN(C(=O)c1ccccc1N1CCC(N(C)C)C1)C3. The first-order valence-corrected chi connectivity index (χ1v) is 11.0. The Morgan fingerprint density at radius 2 is 1.90 bits per heavy atom. The molecule has 31 heavy (non-hydrogen) atoms. The Morgan fingerprint density at radius 1 is 1.13 bits per heavy atom. The summed E-state index contributed by atoms with van der Waals surface area (Å²) in [6.07, 6.45) is 1.12. The van der Waals surface area contributed by atoms with E-state index in [2.05, 4.69) is 43.8 Å². The third-order valence-corrected chi connectivity index (χ3v) is 7.06. The number of carbonyl (C=O) groups excluding carboxylic acids is 1. The third kappa shape index (κ3) is 3.19. The number of aromatic nitrogens is 3. The Labute approximate surface area is 183 Å². The molecule has 7 heteroatoms. The van der Waals surface area contributed by atoms with E-state index >= 15 is 0 Å². The minimum absolute atomic E-state index is 0.0700. The highest BCUT2D eigenvalue weighted by atomic mass is 16.2. The number of para-hydroxylation sites is 1. The van der Waals surface area contributed by atoms with Crippen molar-refractivity contribution in [3.63, 3.8) is 0 Å². The summed E-state index contributed by atoms with van der Waals surface area (Å²) in [6, 6.07) is 8.54. The summed E-state index contributed by atoms with van der Waals surface area (Å²) in [5.74, 6) is 0.0700. The second-order valence-corrected chi connectivity index (χ2v) is 9.10. The molecule has 0 N–H and O–H groups in total. The van der Waals surface area contributed by atoms with Gasteiger partial charge in [-0.2, -0.15) is 5.10 Å². The van der Waals surface area contributed by atoms with Crippen LogP contribution in [0.25, 0.3) is 5.65 Å². The number of anilines is 1. The van der Waals surface area contributed by atoms with Crippen LogP contribution in [0.5, 0.6) is 0 Å². The topological polar surface area (TPSA) is 57.0 Å². The van der Waals surface area contributed by atoms with E-state index in [1.807, 2.05) is 34.5 Å². The molecule has 1 amide bonds. The lowest BCUT2D eigenvalue weighted by atomic mass is 10.1. The number of rotatable bonds is 3. The number of carbonyl (C=O) groups is 1. The molecule has 2 aromatic heterocycles. The van der Waals surface area contributed by atoms with Gasteiger partial charge >= 0.3 is 0 Å². The zero-order valence-electron chi connectivity index (χ0n) is 19.0. The Hall–Kier alpha value is -2.93. The summed E-state index contributed by atoms with van der Waals surface area (Å²) in [5, 5.41) is 4.79. The number of benzene rings is 1. The van der Waals surface area contributed by atoms with E-state index in [1.54, 1.807) is 0 Å². The highest BCUT2D eigenvalue weighted by Crippen LogP contribution is 2.32.